The first-order valence-electron chi connectivity index (χ1n) is 6.45. The average molecular weight is 296 g/mol. The Balaban J connectivity index is 2.73. The molecule has 2 aromatic heterocycles. The lowest BCUT2D eigenvalue weighted by atomic mass is 10.0. The molecule has 21 heavy (non-hydrogen) atoms. The third-order valence-corrected chi connectivity index (χ3v) is 3.13. The Kier molecular flexibility index (Phi) is 4.11. The van der Waals surface area contributed by atoms with Crippen LogP contribution in [0.4, 0.5) is 19.0 Å². The molecular formula is C14H15F3N4. The summed E-state index contributed by atoms with van der Waals surface area (Å²) in [6, 6.07) is 0.960. The number of alkyl halides is 3. The van der Waals surface area contributed by atoms with Gasteiger partial charge in [-0.05, 0) is 13.0 Å². The molecule has 0 aromatic carbocycles. The van der Waals surface area contributed by atoms with Crippen LogP contribution in [-0.4, -0.2) is 22.0 Å². The van der Waals surface area contributed by atoms with Crippen LogP contribution in [0.25, 0.3) is 11.3 Å². The van der Waals surface area contributed by atoms with Crippen LogP contribution in [0.1, 0.15) is 23.9 Å². The second-order valence-corrected chi connectivity index (χ2v) is 4.48. The first kappa shape index (κ1) is 15.2. The zero-order valence-electron chi connectivity index (χ0n) is 11.9. The fourth-order valence-electron chi connectivity index (χ4n) is 2.06. The third-order valence-electron chi connectivity index (χ3n) is 3.13. The van der Waals surface area contributed by atoms with Crippen LogP contribution in [0, 0.1) is 6.92 Å². The van der Waals surface area contributed by atoms with Crippen molar-refractivity contribution in [2.24, 2.45) is 0 Å². The molecule has 0 amide bonds. The molecule has 0 bridgehead atoms. The highest BCUT2D eigenvalue weighted by molar-refractivity contribution is 5.70. The minimum absolute atomic E-state index is 0.0314. The molecule has 2 heterocycles. The Labute approximate surface area is 120 Å². The summed E-state index contributed by atoms with van der Waals surface area (Å²) < 4.78 is 39.4. The van der Waals surface area contributed by atoms with E-state index in [9.17, 15) is 13.2 Å². The van der Waals surface area contributed by atoms with Crippen molar-refractivity contribution >= 4 is 5.82 Å². The van der Waals surface area contributed by atoms with Crippen LogP contribution in [0.3, 0.4) is 0 Å². The number of aryl methyl sites for hydroxylation is 1. The SMILES string of the molecule is CCc1nc(NC)c(C)c(-c2cnccc2C(F)(F)F)n1. The zero-order valence-corrected chi connectivity index (χ0v) is 11.9. The molecular weight excluding hydrogens is 281 g/mol. The number of hydrogen-bond donors (Lipinski definition) is 1. The Morgan fingerprint density at radius 2 is 1.95 bits per heavy atom. The number of rotatable bonds is 3. The lowest BCUT2D eigenvalue weighted by molar-refractivity contribution is -0.137. The molecule has 7 heteroatoms. The first-order valence-corrected chi connectivity index (χ1v) is 6.45. The highest BCUT2D eigenvalue weighted by Gasteiger charge is 2.34. The summed E-state index contributed by atoms with van der Waals surface area (Å²) in [5.74, 6) is 1.01. The van der Waals surface area contributed by atoms with E-state index >= 15 is 0 Å². The molecule has 0 fully saturated rings. The van der Waals surface area contributed by atoms with Gasteiger partial charge in [0.1, 0.15) is 11.6 Å². The van der Waals surface area contributed by atoms with E-state index < -0.39 is 11.7 Å². The number of aromatic nitrogens is 3. The molecule has 4 nitrogen and oxygen atoms in total. The van der Waals surface area contributed by atoms with Crippen LogP contribution in [0.5, 0.6) is 0 Å². The second-order valence-electron chi connectivity index (χ2n) is 4.48. The maximum Gasteiger partial charge on any atom is 0.417 e. The van der Waals surface area contributed by atoms with E-state index in [1.807, 2.05) is 6.92 Å². The predicted molar refractivity (Wildman–Crippen MR) is 73.9 cm³/mol. The summed E-state index contributed by atoms with van der Waals surface area (Å²) in [5, 5.41) is 2.89. The maximum absolute atomic E-state index is 13.1. The molecule has 0 atom stereocenters. The van der Waals surface area contributed by atoms with Gasteiger partial charge in [-0.3, -0.25) is 4.98 Å². The lowest BCUT2D eigenvalue weighted by Gasteiger charge is -2.15. The second kappa shape index (κ2) is 5.67. The molecule has 2 rings (SSSR count). The molecule has 0 aliphatic carbocycles. The smallest absolute Gasteiger partial charge is 0.373 e. The van der Waals surface area contributed by atoms with E-state index in [0.29, 0.717) is 23.6 Å². The van der Waals surface area contributed by atoms with Gasteiger partial charge in [-0.15, -0.1) is 0 Å². The number of pyridine rings is 1. The predicted octanol–water partition coefficient (Wildman–Crippen LogP) is 3.47. The number of nitrogens with one attached hydrogen (secondary N) is 1. The zero-order chi connectivity index (χ0) is 15.6. The Hall–Kier alpha value is -2.18. The van der Waals surface area contributed by atoms with Gasteiger partial charge in [0.15, 0.2) is 0 Å². The van der Waals surface area contributed by atoms with Crippen molar-refractivity contribution < 1.29 is 13.2 Å². The van der Waals surface area contributed by atoms with Gasteiger partial charge >= 0.3 is 6.18 Å². The monoisotopic (exact) mass is 296 g/mol. The van der Waals surface area contributed by atoms with Crippen molar-refractivity contribution in [1.82, 2.24) is 15.0 Å². The van der Waals surface area contributed by atoms with Gasteiger partial charge in [-0.2, -0.15) is 13.2 Å². The fourth-order valence-corrected chi connectivity index (χ4v) is 2.06. The number of halogens is 3. The van der Waals surface area contributed by atoms with E-state index in [1.165, 1.54) is 6.20 Å². The highest BCUT2D eigenvalue weighted by Crippen LogP contribution is 2.37. The molecule has 0 aliphatic rings. The Bertz CT molecular complexity index is 653. The van der Waals surface area contributed by atoms with Gasteiger partial charge in [-0.1, -0.05) is 6.92 Å². The molecule has 2 aromatic rings. The standard InChI is InChI=1S/C14H15F3N4/c1-4-11-20-12(8(2)13(18-3)21-11)9-7-19-6-5-10(9)14(15,16)17/h5-7H,4H2,1-3H3,(H,18,20,21). The van der Waals surface area contributed by atoms with Gasteiger partial charge in [0.2, 0.25) is 0 Å². The lowest BCUT2D eigenvalue weighted by Crippen LogP contribution is -2.10. The Morgan fingerprint density at radius 1 is 1.24 bits per heavy atom. The number of hydrogen-bond acceptors (Lipinski definition) is 4. The van der Waals surface area contributed by atoms with Gasteiger partial charge in [0.05, 0.1) is 11.3 Å². The van der Waals surface area contributed by atoms with Crippen LogP contribution < -0.4 is 5.32 Å². The minimum atomic E-state index is -4.46. The molecule has 0 spiro atoms. The summed E-state index contributed by atoms with van der Waals surface area (Å²) in [4.78, 5) is 12.3. The third kappa shape index (κ3) is 2.96. The number of anilines is 1. The van der Waals surface area contributed by atoms with Crippen LogP contribution in [0.2, 0.25) is 0 Å². The van der Waals surface area contributed by atoms with Gasteiger partial charge in [0, 0.05) is 37.0 Å². The van der Waals surface area contributed by atoms with Crippen molar-refractivity contribution in [3.63, 3.8) is 0 Å². The van der Waals surface area contributed by atoms with E-state index in [4.69, 9.17) is 0 Å². The van der Waals surface area contributed by atoms with Gasteiger partial charge in [-0.25, -0.2) is 9.97 Å². The summed E-state index contributed by atoms with van der Waals surface area (Å²) in [7, 11) is 1.67. The molecule has 1 N–H and O–H groups in total. The van der Waals surface area contributed by atoms with Crippen molar-refractivity contribution in [3.05, 3.63) is 35.4 Å². The number of nitrogens with zero attached hydrogens (tertiary/aromatic N) is 3. The summed E-state index contributed by atoms with van der Waals surface area (Å²) >= 11 is 0. The van der Waals surface area contributed by atoms with Crippen molar-refractivity contribution in [2.75, 3.05) is 12.4 Å². The summed E-state index contributed by atoms with van der Waals surface area (Å²) in [5.41, 5.74) is 0.0410. The quantitative estimate of drug-likeness (QED) is 0.942. The van der Waals surface area contributed by atoms with Crippen LogP contribution >= 0.6 is 0 Å². The van der Waals surface area contributed by atoms with Gasteiger partial charge in [0.25, 0.3) is 0 Å². The van der Waals surface area contributed by atoms with E-state index in [2.05, 4.69) is 20.3 Å². The largest absolute Gasteiger partial charge is 0.417 e. The van der Waals surface area contributed by atoms with Crippen molar-refractivity contribution in [1.29, 1.82) is 0 Å². The molecule has 0 aliphatic heterocycles. The van der Waals surface area contributed by atoms with E-state index in [-0.39, 0.29) is 11.3 Å². The van der Waals surface area contributed by atoms with Crippen LogP contribution in [-0.2, 0) is 12.6 Å². The molecule has 0 saturated carbocycles. The van der Waals surface area contributed by atoms with E-state index in [1.54, 1.807) is 14.0 Å². The minimum Gasteiger partial charge on any atom is -0.373 e. The highest BCUT2D eigenvalue weighted by atomic mass is 19.4. The van der Waals surface area contributed by atoms with Crippen LogP contribution in [0.15, 0.2) is 18.5 Å². The molecule has 0 unspecified atom stereocenters. The summed E-state index contributed by atoms with van der Waals surface area (Å²) in [6.07, 6.45) is -1.61. The first-order chi connectivity index (χ1) is 9.88. The molecule has 0 radical (unpaired) electrons. The van der Waals surface area contributed by atoms with Crippen molar-refractivity contribution in [3.8, 4) is 11.3 Å². The van der Waals surface area contributed by atoms with Gasteiger partial charge < -0.3 is 5.32 Å². The molecule has 0 saturated heterocycles. The van der Waals surface area contributed by atoms with E-state index in [0.717, 1.165) is 12.3 Å². The maximum atomic E-state index is 13.1. The molecule has 112 valence electrons. The topological polar surface area (TPSA) is 50.7 Å². The summed E-state index contributed by atoms with van der Waals surface area (Å²) in [6.45, 7) is 3.54. The average Bonchev–Trinajstić information content (AvgIpc) is 2.46. The fraction of sp³-hybridized carbons (Fsp3) is 0.357. The van der Waals surface area contributed by atoms with Crippen molar-refractivity contribution in [2.45, 2.75) is 26.4 Å². The Morgan fingerprint density at radius 3 is 2.52 bits per heavy atom. The normalized spacial score (nSPS) is 11.5.